The second-order valence-electron chi connectivity index (χ2n) is 5.20. The maximum absolute atomic E-state index is 12.4. The molecular weight excluding hydrogens is 326 g/mol. The number of fused-ring (bicyclic) bond motifs is 1. The zero-order valence-electron chi connectivity index (χ0n) is 13.1. The molecule has 0 amide bonds. The van der Waals surface area contributed by atoms with Crippen LogP contribution in [0.5, 0.6) is 17.2 Å². The number of carbonyl (C=O) groups is 1. The van der Waals surface area contributed by atoms with Gasteiger partial charge in [-0.25, -0.2) is 4.79 Å². The summed E-state index contributed by atoms with van der Waals surface area (Å²) in [5.41, 5.74) is -0.293. The van der Waals surface area contributed by atoms with E-state index in [0.29, 0.717) is 0 Å². The van der Waals surface area contributed by atoms with Crippen molar-refractivity contribution in [2.75, 3.05) is 7.11 Å². The minimum Gasteiger partial charge on any atom is -0.507 e. The Labute approximate surface area is 142 Å². The van der Waals surface area contributed by atoms with Crippen LogP contribution in [0.3, 0.4) is 0 Å². The molecule has 7 nitrogen and oxygen atoms in total. The van der Waals surface area contributed by atoms with Crippen molar-refractivity contribution in [1.82, 2.24) is 0 Å². The standard InChI is InChI=1S/C18H13NO6/c1-24-16-7-6-13(19(22)23)10-17(16)25-18(21)14-8-11-4-2-3-5-12(11)9-15(14)20/h2-10,20H,1H3. The number of phenolic OH excluding ortho intramolecular Hbond substituents is 1. The second-order valence-corrected chi connectivity index (χ2v) is 5.20. The molecule has 0 fully saturated rings. The molecule has 0 heterocycles. The van der Waals surface area contributed by atoms with E-state index in [1.165, 1.54) is 31.4 Å². The quantitative estimate of drug-likeness (QED) is 0.337. The summed E-state index contributed by atoms with van der Waals surface area (Å²) in [6.45, 7) is 0. The van der Waals surface area contributed by atoms with Gasteiger partial charge in [-0.2, -0.15) is 0 Å². The van der Waals surface area contributed by atoms with Crippen LogP contribution in [0, 0.1) is 10.1 Å². The smallest absolute Gasteiger partial charge is 0.347 e. The molecule has 0 aromatic heterocycles. The first-order valence-corrected chi connectivity index (χ1v) is 7.26. The highest BCUT2D eigenvalue weighted by Crippen LogP contribution is 2.33. The van der Waals surface area contributed by atoms with Crippen molar-refractivity contribution in [2.24, 2.45) is 0 Å². The van der Waals surface area contributed by atoms with Crippen LogP contribution < -0.4 is 9.47 Å². The molecule has 126 valence electrons. The number of rotatable bonds is 4. The van der Waals surface area contributed by atoms with Gasteiger partial charge in [0.05, 0.1) is 18.1 Å². The summed E-state index contributed by atoms with van der Waals surface area (Å²) in [6.07, 6.45) is 0. The largest absolute Gasteiger partial charge is 0.507 e. The maximum atomic E-state index is 12.4. The van der Waals surface area contributed by atoms with E-state index in [-0.39, 0.29) is 28.5 Å². The summed E-state index contributed by atoms with van der Waals surface area (Å²) in [5, 5.41) is 22.5. The lowest BCUT2D eigenvalue weighted by molar-refractivity contribution is -0.384. The van der Waals surface area contributed by atoms with Crippen LogP contribution in [0.1, 0.15) is 10.4 Å². The van der Waals surface area contributed by atoms with Crippen LogP contribution in [0.4, 0.5) is 5.69 Å². The number of nitrogens with zero attached hydrogens (tertiary/aromatic N) is 1. The molecule has 0 saturated carbocycles. The first-order valence-electron chi connectivity index (χ1n) is 7.26. The number of methoxy groups -OCH3 is 1. The average molecular weight is 339 g/mol. The van der Waals surface area contributed by atoms with Gasteiger partial charge in [0.1, 0.15) is 11.3 Å². The highest BCUT2D eigenvalue weighted by Gasteiger charge is 2.19. The van der Waals surface area contributed by atoms with Crippen molar-refractivity contribution in [2.45, 2.75) is 0 Å². The summed E-state index contributed by atoms with van der Waals surface area (Å²) < 4.78 is 10.3. The molecule has 0 spiro atoms. The fraction of sp³-hybridized carbons (Fsp3) is 0.0556. The van der Waals surface area contributed by atoms with Gasteiger partial charge in [0, 0.05) is 6.07 Å². The fourth-order valence-corrected chi connectivity index (χ4v) is 2.41. The minimum atomic E-state index is -0.845. The van der Waals surface area contributed by atoms with Crippen molar-refractivity contribution in [3.8, 4) is 17.2 Å². The van der Waals surface area contributed by atoms with Crippen molar-refractivity contribution in [3.05, 3.63) is 70.3 Å². The molecule has 3 rings (SSSR count). The van der Waals surface area contributed by atoms with Crippen molar-refractivity contribution in [3.63, 3.8) is 0 Å². The van der Waals surface area contributed by atoms with E-state index in [1.54, 1.807) is 18.2 Å². The Bertz CT molecular complexity index is 982. The molecule has 0 atom stereocenters. The fourth-order valence-electron chi connectivity index (χ4n) is 2.41. The number of nitro benzene ring substituents is 1. The van der Waals surface area contributed by atoms with E-state index < -0.39 is 10.9 Å². The molecule has 7 heteroatoms. The molecule has 1 N–H and O–H groups in total. The molecule has 0 saturated heterocycles. The van der Waals surface area contributed by atoms with Gasteiger partial charge in [-0.3, -0.25) is 10.1 Å². The molecule has 3 aromatic carbocycles. The van der Waals surface area contributed by atoms with Crippen LogP contribution in [-0.4, -0.2) is 23.1 Å². The number of ether oxygens (including phenoxy) is 2. The van der Waals surface area contributed by atoms with E-state index in [9.17, 15) is 20.0 Å². The van der Waals surface area contributed by atoms with E-state index >= 15 is 0 Å². The van der Waals surface area contributed by atoms with Crippen LogP contribution >= 0.6 is 0 Å². The zero-order chi connectivity index (χ0) is 18.0. The molecule has 0 aliphatic heterocycles. The predicted octanol–water partition coefficient (Wildman–Crippen LogP) is 3.68. The third-order valence-electron chi connectivity index (χ3n) is 3.64. The van der Waals surface area contributed by atoms with Crippen LogP contribution in [0.25, 0.3) is 10.8 Å². The number of hydrogen-bond donors (Lipinski definition) is 1. The van der Waals surface area contributed by atoms with E-state index in [1.807, 2.05) is 6.07 Å². The van der Waals surface area contributed by atoms with Crippen LogP contribution in [0.2, 0.25) is 0 Å². The minimum absolute atomic E-state index is 0.0488. The predicted molar refractivity (Wildman–Crippen MR) is 90.2 cm³/mol. The van der Waals surface area contributed by atoms with Crippen molar-refractivity contribution < 1.29 is 24.3 Å². The molecule has 0 aliphatic rings. The second kappa shape index (κ2) is 6.48. The third kappa shape index (κ3) is 3.20. The van der Waals surface area contributed by atoms with Gasteiger partial charge in [0.25, 0.3) is 5.69 Å². The number of carbonyl (C=O) groups excluding carboxylic acids is 1. The van der Waals surface area contributed by atoms with Gasteiger partial charge in [-0.05, 0) is 29.0 Å². The summed E-state index contributed by atoms with van der Waals surface area (Å²) >= 11 is 0. The number of benzene rings is 3. The lowest BCUT2D eigenvalue weighted by Gasteiger charge is -2.10. The number of non-ortho nitro benzene ring substituents is 1. The Morgan fingerprint density at radius 2 is 1.72 bits per heavy atom. The van der Waals surface area contributed by atoms with Gasteiger partial charge in [-0.15, -0.1) is 0 Å². The normalized spacial score (nSPS) is 10.4. The maximum Gasteiger partial charge on any atom is 0.347 e. The molecular formula is C18H13NO6. The number of aromatic hydroxyl groups is 1. The molecule has 0 aliphatic carbocycles. The summed E-state index contributed by atoms with van der Waals surface area (Å²) in [4.78, 5) is 22.7. The average Bonchev–Trinajstić information content (AvgIpc) is 2.60. The Kier molecular flexibility index (Phi) is 4.21. The molecule has 0 radical (unpaired) electrons. The van der Waals surface area contributed by atoms with E-state index in [2.05, 4.69) is 0 Å². The first kappa shape index (κ1) is 16.3. The number of nitro groups is 1. The zero-order valence-corrected chi connectivity index (χ0v) is 13.1. The SMILES string of the molecule is COc1ccc([N+](=O)[O-])cc1OC(=O)c1cc2ccccc2cc1O. The van der Waals surface area contributed by atoms with Crippen LogP contribution in [0.15, 0.2) is 54.6 Å². The van der Waals surface area contributed by atoms with Gasteiger partial charge >= 0.3 is 5.97 Å². The van der Waals surface area contributed by atoms with Crippen molar-refractivity contribution in [1.29, 1.82) is 0 Å². The number of hydrogen-bond acceptors (Lipinski definition) is 6. The number of esters is 1. The molecule has 0 unspecified atom stereocenters. The highest BCUT2D eigenvalue weighted by atomic mass is 16.6. The molecule has 25 heavy (non-hydrogen) atoms. The lowest BCUT2D eigenvalue weighted by atomic mass is 10.1. The van der Waals surface area contributed by atoms with Crippen LogP contribution in [-0.2, 0) is 0 Å². The van der Waals surface area contributed by atoms with Gasteiger partial charge in [-0.1, -0.05) is 24.3 Å². The molecule has 3 aromatic rings. The topological polar surface area (TPSA) is 98.9 Å². The number of phenols is 1. The van der Waals surface area contributed by atoms with Gasteiger partial charge in [0.2, 0.25) is 0 Å². The summed E-state index contributed by atoms with van der Waals surface area (Å²) in [7, 11) is 1.35. The first-order chi connectivity index (χ1) is 12.0. The van der Waals surface area contributed by atoms with Gasteiger partial charge in [0.15, 0.2) is 11.5 Å². The Hall–Kier alpha value is -3.61. The Balaban J connectivity index is 1.98. The van der Waals surface area contributed by atoms with E-state index in [0.717, 1.165) is 16.8 Å². The summed E-state index contributed by atoms with van der Waals surface area (Å²) in [5.74, 6) is -1.02. The Morgan fingerprint density at radius 1 is 1.04 bits per heavy atom. The molecule has 0 bridgehead atoms. The Morgan fingerprint density at radius 3 is 2.36 bits per heavy atom. The summed E-state index contributed by atoms with van der Waals surface area (Å²) in [6, 6.07) is 13.8. The van der Waals surface area contributed by atoms with E-state index in [4.69, 9.17) is 9.47 Å². The highest BCUT2D eigenvalue weighted by molar-refractivity contribution is 5.99. The van der Waals surface area contributed by atoms with Crippen molar-refractivity contribution >= 4 is 22.4 Å². The van der Waals surface area contributed by atoms with Gasteiger partial charge < -0.3 is 14.6 Å². The monoisotopic (exact) mass is 339 g/mol. The third-order valence-corrected chi connectivity index (χ3v) is 3.64. The lowest BCUT2D eigenvalue weighted by Crippen LogP contribution is -2.10.